The Morgan fingerprint density at radius 1 is 1.28 bits per heavy atom. The first-order valence-corrected chi connectivity index (χ1v) is 7.71. The Morgan fingerprint density at radius 2 is 2.00 bits per heavy atom. The smallest absolute Gasteiger partial charge is 0.232 e. The number of carbonyl (C=O) groups is 1. The van der Waals surface area contributed by atoms with Crippen LogP contribution in [0.2, 0.25) is 0 Å². The van der Waals surface area contributed by atoms with Gasteiger partial charge in [-0.15, -0.1) is 0 Å². The summed E-state index contributed by atoms with van der Waals surface area (Å²) in [6, 6.07) is 0. The molecule has 1 amide bonds. The number of rotatable bonds is 7. The normalized spacial score (nSPS) is 16.9. The molecular formula is C12H23N3O2S. The van der Waals surface area contributed by atoms with Gasteiger partial charge < -0.3 is 15.8 Å². The van der Waals surface area contributed by atoms with Crippen LogP contribution in [0.15, 0.2) is 5.16 Å². The van der Waals surface area contributed by atoms with Gasteiger partial charge in [0.05, 0.1) is 5.75 Å². The molecule has 1 aliphatic heterocycles. The topological polar surface area (TPSA) is 78.9 Å². The molecule has 3 N–H and O–H groups in total. The Morgan fingerprint density at radius 3 is 2.67 bits per heavy atom. The molecule has 104 valence electrons. The van der Waals surface area contributed by atoms with E-state index in [2.05, 4.69) is 5.16 Å². The average Bonchev–Trinajstić information content (AvgIpc) is 2.43. The second kappa shape index (κ2) is 9.08. The molecule has 1 saturated heterocycles. The fraction of sp³-hybridized carbons (Fsp3) is 0.833. The predicted octanol–water partition coefficient (Wildman–Crippen LogP) is 1.65. The molecule has 6 heteroatoms. The van der Waals surface area contributed by atoms with Gasteiger partial charge in [0, 0.05) is 19.5 Å². The van der Waals surface area contributed by atoms with E-state index >= 15 is 0 Å². The Labute approximate surface area is 113 Å². The number of amidine groups is 1. The fourth-order valence-corrected chi connectivity index (χ4v) is 2.86. The average molecular weight is 273 g/mol. The number of oxime groups is 1. The van der Waals surface area contributed by atoms with Gasteiger partial charge in [-0.25, -0.2) is 0 Å². The summed E-state index contributed by atoms with van der Waals surface area (Å²) in [6.07, 6.45) is 6.07. The Balaban J connectivity index is 1.98. The van der Waals surface area contributed by atoms with Gasteiger partial charge >= 0.3 is 0 Å². The van der Waals surface area contributed by atoms with E-state index in [-0.39, 0.29) is 11.7 Å². The van der Waals surface area contributed by atoms with Gasteiger partial charge in [-0.3, -0.25) is 4.79 Å². The molecular weight excluding hydrogens is 250 g/mol. The molecule has 1 fully saturated rings. The highest BCUT2D eigenvalue weighted by Crippen LogP contribution is 2.12. The van der Waals surface area contributed by atoms with Crippen molar-refractivity contribution < 1.29 is 10.0 Å². The monoisotopic (exact) mass is 273 g/mol. The summed E-state index contributed by atoms with van der Waals surface area (Å²) >= 11 is 1.68. The third-order valence-electron chi connectivity index (χ3n) is 3.03. The number of carbonyl (C=O) groups excluding carboxylic acids is 1. The molecule has 1 heterocycles. The number of amides is 1. The zero-order chi connectivity index (χ0) is 13.2. The van der Waals surface area contributed by atoms with Gasteiger partial charge in [-0.2, -0.15) is 11.8 Å². The van der Waals surface area contributed by atoms with Crippen LogP contribution in [0.25, 0.3) is 0 Å². The minimum atomic E-state index is 0.274. The fourth-order valence-electron chi connectivity index (χ4n) is 1.95. The summed E-state index contributed by atoms with van der Waals surface area (Å²) in [5.41, 5.74) is 5.37. The van der Waals surface area contributed by atoms with Crippen molar-refractivity contribution in [1.82, 2.24) is 4.90 Å². The number of nitrogens with two attached hydrogens (primary N) is 1. The minimum absolute atomic E-state index is 0.274. The van der Waals surface area contributed by atoms with E-state index < -0.39 is 0 Å². The maximum atomic E-state index is 11.8. The molecule has 18 heavy (non-hydrogen) atoms. The molecule has 0 unspecified atom stereocenters. The highest BCUT2D eigenvalue weighted by atomic mass is 32.2. The van der Waals surface area contributed by atoms with Crippen LogP contribution in [0, 0.1) is 0 Å². The summed E-state index contributed by atoms with van der Waals surface area (Å²) < 4.78 is 0. The summed E-state index contributed by atoms with van der Waals surface area (Å²) in [5.74, 6) is 2.10. The largest absolute Gasteiger partial charge is 0.409 e. The van der Waals surface area contributed by atoms with Crippen LogP contribution in [0.1, 0.15) is 38.5 Å². The Hall–Kier alpha value is -0.910. The standard InChI is InChI=1S/C12H23N3O2S/c13-11(14-17)6-2-5-9-18-10-12(16)15-7-3-1-4-8-15/h17H,1-10H2,(H2,13,14). The van der Waals surface area contributed by atoms with Crippen LogP contribution >= 0.6 is 11.8 Å². The minimum Gasteiger partial charge on any atom is -0.409 e. The second-order valence-electron chi connectivity index (χ2n) is 4.54. The first kappa shape index (κ1) is 15.1. The van der Waals surface area contributed by atoms with E-state index in [0.29, 0.717) is 12.2 Å². The van der Waals surface area contributed by atoms with Gasteiger partial charge in [0.15, 0.2) is 0 Å². The molecule has 0 bridgehead atoms. The van der Waals surface area contributed by atoms with Crippen LogP contribution in [0.4, 0.5) is 0 Å². The second-order valence-corrected chi connectivity index (χ2v) is 5.65. The van der Waals surface area contributed by atoms with Crippen LogP contribution in [0.5, 0.6) is 0 Å². The molecule has 0 spiro atoms. The van der Waals surface area contributed by atoms with Crippen molar-refractivity contribution >= 4 is 23.5 Å². The lowest BCUT2D eigenvalue weighted by molar-refractivity contribution is -0.129. The molecule has 5 nitrogen and oxygen atoms in total. The lowest BCUT2D eigenvalue weighted by Gasteiger charge is -2.26. The van der Waals surface area contributed by atoms with Crippen molar-refractivity contribution in [2.75, 3.05) is 24.6 Å². The molecule has 0 aromatic heterocycles. The molecule has 0 radical (unpaired) electrons. The van der Waals surface area contributed by atoms with Crippen molar-refractivity contribution in [3.63, 3.8) is 0 Å². The van der Waals surface area contributed by atoms with E-state index in [1.54, 1.807) is 11.8 Å². The Kier molecular flexibility index (Phi) is 7.64. The molecule has 0 aromatic rings. The van der Waals surface area contributed by atoms with E-state index in [0.717, 1.165) is 44.5 Å². The van der Waals surface area contributed by atoms with Gasteiger partial charge in [0.25, 0.3) is 0 Å². The molecule has 0 atom stereocenters. The van der Waals surface area contributed by atoms with Gasteiger partial charge in [-0.05, 0) is 37.9 Å². The van der Waals surface area contributed by atoms with Crippen molar-refractivity contribution in [2.24, 2.45) is 10.9 Å². The van der Waals surface area contributed by atoms with E-state index in [4.69, 9.17) is 10.9 Å². The van der Waals surface area contributed by atoms with Crippen molar-refractivity contribution in [3.05, 3.63) is 0 Å². The van der Waals surface area contributed by atoms with Crippen molar-refractivity contribution in [1.29, 1.82) is 0 Å². The van der Waals surface area contributed by atoms with E-state index in [9.17, 15) is 4.79 Å². The summed E-state index contributed by atoms with van der Waals surface area (Å²) in [4.78, 5) is 13.8. The summed E-state index contributed by atoms with van der Waals surface area (Å²) in [6.45, 7) is 1.87. The van der Waals surface area contributed by atoms with Gasteiger partial charge in [-0.1, -0.05) is 5.16 Å². The first-order valence-electron chi connectivity index (χ1n) is 6.56. The van der Waals surface area contributed by atoms with Gasteiger partial charge in [0.2, 0.25) is 5.91 Å². The Bertz CT molecular complexity index is 278. The maximum Gasteiger partial charge on any atom is 0.232 e. The first-order chi connectivity index (χ1) is 8.74. The van der Waals surface area contributed by atoms with Crippen LogP contribution in [-0.4, -0.2) is 46.4 Å². The van der Waals surface area contributed by atoms with E-state index in [1.165, 1.54) is 6.42 Å². The third kappa shape index (κ3) is 6.14. The number of hydrogen-bond acceptors (Lipinski definition) is 4. The zero-order valence-corrected chi connectivity index (χ0v) is 11.6. The van der Waals surface area contributed by atoms with E-state index in [1.807, 2.05) is 4.90 Å². The van der Waals surface area contributed by atoms with Crippen LogP contribution in [0.3, 0.4) is 0 Å². The molecule has 0 saturated carbocycles. The molecule has 1 rings (SSSR count). The van der Waals surface area contributed by atoms with Crippen LogP contribution in [-0.2, 0) is 4.79 Å². The lowest BCUT2D eigenvalue weighted by Crippen LogP contribution is -2.36. The SMILES string of the molecule is NC(CCCCSCC(=O)N1CCCCC1)=NO. The highest BCUT2D eigenvalue weighted by Gasteiger charge is 2.15. The number of unbranched alkanes of at least 4 members (excludes halogenated alkanes) is 1. The number of nitrogens with zero attached hydrogens (tertiary/aromatic N) is 2. The third-order valence-corrected chi connectivity index (χ3v) is 4.06. The summed E-state index contributed by atoms with van der Waals surface area (Å²) in [5, 5.41) is 11.3. The lowest BCUT2D eigenvalue weighted by atomic mass is 10.1. The van der Waals surface area contributed by atoms with Crippen molar-refractivity contribution in [3.8, 4) is 0 Å². The zero-order valence-electron chi connectivity index (χ0n) is 10.8. The molecule has 0 aliphatic carbocycles. The van der Waals surface area contributed by atoms with Gasteiger partial charge in [0.1, 0.15) is 5.84 Å². The number of piperidine rings is 1. The van der Waals surface area contributed by atoms with Crippen LogP contribution < -0.4 is 5.73 Å². The predicted molar refractivity (Wildman–Crippen MR) is 75.0 cm³/mol. The number of likely N-dealkylation sites (tertiary alicyclic amines) is 1. The number of hydrogen-bond donors (Lipinski definition) is 2. The molecule has 1 aliphatic rings. The highest BCUT2D eigenvalue weighted by molar-refractivity contribution is 7.99. The molecule has 0 aromatic carbocycles. The maximum absolute atomic E-state index is 11.8. The quantitative estimate of drug-likeness (QED) is 0.243. The number of thioether (sulfide) groups is 1. The van der Waals surface area contributed by atoms with Crippen molar-refractivity contribution in [2.45, 2.75) is 38.5 Å². The summed E-state index contributed by atoms with van der Waals surface area (Å²) in [7, 11) is 0.